The summed E-state index contributed by atoms with van der Waals surface area (Å²) in [5.74, 6) is -1.89. The Bertz CT molecular complexity index is 1600. The molecule has 1 saturated heterocycles. The highest BCUT2D eigenvalue weighted by atomic mass is 19.1. The minimum atomic E-state index is -0.874. The average Bonchev–Trinajstić information content (AvgIpc) is 3.08. The Morgan fingerprint density at radius 3 is 2.49 bits per heavy atom. The van der Waals surface area contributed by atoms with Crippen molar-refractivity contribution in [2.75, 3.05) is 58.8 Å². The number of hydrogen-bond acceptors (Lipinski definition) is 9. The zero-order valence-electron chi connectivity index (χ0n) is 29.0. The van der Waals surface area contributed by atoms with Gasteiger partial charge in [-0.15, -0.1) is 0 Å². The van der Waals surface area contributed by atoms with Gasteiger partial charge in [0.15, 0.2) is 11.4 Å². The lowest BCUT2D eigenvalue weighted by Gasteiger charge is -2.57. The van der Waals surface area contributed by atoms with Crippen molar-refractivity contribution in [3.63, 3.8) is 0 Å². The lowest BCUT2D eigenvalue weighted by atomic mass is 9.91. The molecule has 4 rings (SSSR count). The lowest BCUT2D eigenvalue weighted by Crippen LogP contribution is -2.72. The predicted molar refractivity (Wildman–Crippen MR) is 181 cm³/mol. The predicted octanol–water partition coefficient (Wildman–Crippen LogP) is 4.73. The van der Waals surface area contributed by atoms with Crippen LogP contribution >= 0.6 is 0 Å². The van der Waals surface area contributed by atoms with Crippen LogP contribution in [0.15, 0.2) is 41.8 Å². The summed E-state index contributed by atoms with van der Waals surface area (Å²) in [4.78, 5) is 45.1. The number of benzene rings is 1. The summed E-state index contributed by atoms with van der Waals surface area (Å²) in [5.41, 5.74) is -0.280. The second-order valence-electron chi connectivity index (χ2n) is 11.8. The monoisotopic (exact) mass is 687 g/mol. The first kappa shape index (κ1) is 37.4. The highest BCUT2D eigenvalue weighted by Crippen LogP contribution is 2.40. The molecule has 2 aliphatic heterocycles. The lowest BCUT2D eigenvalue weighted by molar-refractivity contribution is -0.0432. The Labute approximate surface area is 285 Å². The molecular weight excluding hydrogens is 640 g/mol. The Kier molecular flexibility index (Phi) is 12.8. The third-order valence-corrected chi connectivity index (χ3v) is 8.92. The van der Waals surface area contributed by atoms with Crippen LogP contribution in [-0.2, 0) is 27.4 Å². The molecule has 0 bridgehead atoms. The number of allylic oxidation sites excluding steroid dienone is 2. The smallest absolute Gasteiger partial charge is 0.409 e. The van der Waals surface area contributed by atoms with Crippen molar-refractivity contribution in [2.24, 2.45) is 0 Å². The number of rotatable bonds is 15. The van der Waals surface area contributed by atoms with E-state index in [0.717, 1.165) is 12.5 Å². The van der Waals surface area contributed by atoms with E-state index in [1.165, 1.54) is 31.5 Å². The van der Waals surface area contributed by atoms with Crippen LogP contribution in [0.3, 0.4) is 0 Å². The van der Waals surface area contributed by atoms with Crippen LogP contribution in [0.5, 0.6) is 5.75 Å². The van der Waals surface area contributed by atoms with E-state index in [-0.39, 0.29) is 61.6 Å². The van der Waals surface area contributed by atoms with E-state index >= 15 is 0 Å². The first-order valence-electron chi connectivity index (χ1n) is 16.6. The van der Waals surface area contributed by atoms with Gasteiger partial charge in [-0.3, -0.25) is 14.6 Å². The zero-order valence-corrected chi connectivity index (χ0v) is 29.0. The highest BCUT2D eigenvalue weighted by Gasteiger charge is 2.52. The van der Waals surface area contributed by atoms with Crippen molar-refractivity contribution < 1.29 is 37.3 Å². The summed E-state index contributed by atoms with van der Waals surface area (Å²) in [6.07, 6.45) is 4.85. The fourth-order valence-electron chi connectivity index (χ4n) is 6.45. The molecule has 1 aromatic carbocycles. The van der Waals surface area contributed by atoms with Crippen LogP contribution in [0, 0.1) is 11.6 Å². The van der Waals surface area contributed by atoms with Gasteiger partial charge in [-0.25, -0.2) is 18.3 Å². The number of ether oxygens (including phenoxy) is 4. The van der Waals surface area contributed by atoms with E-state index in [9.17, 15) is 23.2 Å². The number of piperidine rings is 1. The number of pyridine rings is 1. The zero-order chi connectivity index (χ0) is 35.7. The number of nitrogens with zero attached hydrogens (tertiary/aromatic N) is 4. The number of carbonyl (C=O) groups excluding carboxylic acids is 2. The third kappa shape index (κ3) is 7.59. The van der Waals surface area contributed by atoms with Gasteiger partial charge >= 0.3 is 6.09 Å². The van der Waals surface area contributed by atoms with E-state index in [1.54, 1.807) is 21.4 Å². The Balaban J connectivity index is 1.91. The summed E-state index contributed by atoms with van der Waals surface area (Å²) < 4.78 is 52.0. The number of carbonyl (C=O) groups is 2. The van der Waals surface area contributed by atoms with Crippen LogP contribution in [0.2, 0.25) is 0 Å². The minimum absolute atomic E-state index is 0.00494. The minimum Gasteiger partial charge on any atom is -0.487 e. The van der Waals surface area contributed by atoms with Crippen molar-refractivity contribution in [3.8, 4) is 5.75 Å². The fraction of sp³-hybridized carbons (Fsp3) is 0.514. The molecule has 0 atom stereocenters. The Morgan fingerprint density at radius 2 is 1.88 bits per heavy atom. The largest absolute Gasteiger partial charge is 0.487 e. The molecule has 0 saturated carbocycles. The summed E-state index contributed by atoms with van der Waals surface area (Å²) in [5, 5.41) is 4.94. The second-order valence-corrected chi connectivity index (χ2v) is 11.8. The maximum Gasteiger partial charge on any atom is 0.409 e. The SMILES string of the molecule is C=C/C(=C\NCc1ccc(F)cc1F)c1c(COCOC)n2c(c(OCCCC)c1=O)C(=O)N(CC)C1(CCN(C(=O)OCC)CC1)N2C. The molecule has 49 heavy (non-hydrogen) atoms. The second kappa shape index (κ2) is 16.8. The molecule has 14 heteroatoms. The quantitative estimate of drug-likeness (QED) is 0.161. The Morgan fingerprint density at radius 1 is 1.14 bits per heavy atom. The van der Waals surface area contributed by atoms with Gasteiger partial charge in [0.25, 0.3) is 5.91 Å². The van der Waals surface area contributed by atoms with Crippen molar-refractivity contribution in [1.29, 1.82) is 0 Å². The van der Waals surface area contributed by atoms with Gasteiger partial charge in [-0.05, 0) is 26.3 Å². The number of likely N-dealkylation sites (tertiary alicyclic amines) is 1. The molecule has 12 nitrogen and oxygen atoms in total. The van der Waals surface area contributed by atoms with Gasteiger partial charge in [-0.1, -0.05) is 32.1 Å². The van der Waals surface area contributed by atoms with Gasteiger partial charge in [0.1, 0.15) is 24.1 Å². The van der Waals surface area contributed by atoms with Crippen LogP contribution in [0.4, 0.5) is 13.6 Å². The molecule has 1 aromatic heterocycles. The first-order chi connectivity index (χ1) is 23.6. The summed E-state index contributed by atoms with van der Waals surface area (Å²) >= 11 is 0. The number of nitrogens with one attached hydrogen (secondary N) is 1. The molecule has 1 fully saturated rings. The van der Waals surface area contributed by atoms with Crippen LogP contribution in [0.25, 0.3) is 5.57 Å². The maximum absolute atomic E-state index is 14.6. The number of amides is 2. The van der Waals surface area contributed by atoms with Gasteiger partial charge in [0.05, 0.1) is 31.1 Å². The normalized spacial score (nSPS) is 15.8. The van der Waals surface area contributed by atoms with E-state index in [1.807, 2.05) is 25.9 Å². The summed E-state index contributed by atoms with van der Waals surface area (Å²) in [6, 6.07) is 3.30. The molecular formula is C35H47F2N5O7. The van der Waals surface area contributed by atoms with Crippen molar-refractivity contribution in [2.45, 2.75) is 65.3 Å². The Hall–Kier alpha value is -4.43. The van der Waals surface area contributed by atoms with E-state index in [0.29, 0.717) is 50.2 Å². The molecule has 2 amide bonds. The molecule has 268 valence electrons. The van der Waals surface area contributed by atoms with Crippen LogP contribution < -0.4 is 20.5 Å². The number of fused-ring (bicyclic) bond motifs is 1. The third-order valence-electron chi connectivity index (χ3n) is 8.92. The van der Waals surface area contributed by atoms with Gasteiger partial charge < -0.3 is 34.1 Å². The first-order valence-corrected chi connectivity index (χ1v) is 16.6. The van der Waals surface area contributed by atoms with E-state index < -0.39 is 28.8 Å². The summed E-state index contributed by atoms with van der Waals surface area (Å²) in [6.45, 7) is 10.8. The average molecular weight is 688 g/mol. The van der Waals surface area contributed by atoms with E-state index in [4.69, 9.17) is 18.9 Å². The van der Waals surface area contributed by atoms with Crippen molar-refractivity contribution in [1.82, 2.24) is 19.8 Å². The maximum atomic E-state index is 14.6. The summed E-state index contributed by atoms with van der Waals surface area (Å²) in [7, 11) is 3.32. The molecule has 2 aliphatic rings. The molecule has 1 spiro atoms. The number of unbranched alkanes of at least 4 members (excludes halogenated alkanes) is 1. The van der Waals surface area contributed by atoms with E-state index in [2.05, 4.69) is 11.9 Å². The van der Waals surface area contributed by atoms with Crippen LogP contribution in [-0.4, -0.2) is 85.9 Å². The molecule has 2 aromatic rings. The van der Waals surface area contributed by atoms with Gasteiger partial charge in [0.2, 0.25) is 5.43 Å². The molecule has 0 radical (unpaired) electrons. The van der Waals surface area contributed by atoms with Gasteiger partial charge in [0, 0.05) is 76.6 Å². The molecule has 0 aliphatic carbocycles. The topological polar surface area (TPSA) is 115 Å². The number of aromatic nitrogens is 1. The number of methoxy groups -OCH3 is 1. The number of hydrogen-bond donors (Lipinski definition) is 1. The van der Waals surface area contributed by atoms with Crippen LogP contribution in [0.1, 0.15) is 73.8 Å². The van der Waals surface area contributed by atoms with Gasteiger partial charge in [-0.2, -0.15) is 0 Å². The molecule has 0 unspecified atom stereocenters. The molecule has 3 heterocycles. The number of halogens is 2. The van der Waals surface area contributed by atoms with Crippen molar-refractivity contribution in [3.05, 3.63) is 81.4 Å². The standard InChI is InChI=1S/C35H47F2N5O7/c1-7-11-18-49-32-30-33(44)41(9-3)35(14-16-40(17-15-35)34(45)48-10-4)39(5)42(30)28(22-47-23-46-6)29(31(32)43)24(8-2)20-38-21-25-12-13-26(36)19-27(25)37/h8,12-13,19-20,38H,2,7,9-11,14-18,21-23H2,1,3-6H3/b24-20+. The fourth-order valence-corrected chi connectivity index (χ4v) is 6.45. The highest BCUT2D eigenvalue weighted by molar-refractivity contribution is 5.98. The van der Waals surface area contributed by atoms with Crippen molar-refractivity contribution >= 4 is 17.6 Å². The molecule has 1 N–H and O–H groups in total.